The molecule has 9 heteroatoms. The fourth-order valence-corrected chi connectivity index (χ4v) is 3.25. The summed E-state index contributed by atoms with van der Waals surface area (Å²) in [4.78, 5) is 37.7. The standard InChI is InChI=1S/C15H16N4O4S/c1-9-7-11(18-23-9)16-12(20)3-5-19-13(21)15(2,17-14(19)22)10-4-6-24-8-10/h4,6-8H,3,5H2,1-2H3,(H,17,22)(H,16,18,20)/t15-/m0/s1. The van der Waals surface area contributed by atoms with Gasteiger partial charge in [0, 0.05) is 19.0 Å². The molecule has 0 spiro atoms. The van der Waals surface area contributed by atoms with Gasteiger partial charge in [-0.15, -0.1) is 0 Å². The maximum atomic E-state index is 12.6. The van der Waals surface area contributed by atoms with Gasteiger partial charge in [0.1, 0.15) is 11.3 Å². The molecular formula is C15H16N4O4S. The molecule has 3 rings (SSSR count). The highest BCUT2D eigenvalue weighted by Gasteiger charge is 2.49. The van der Waals surface area contributed by atoms with E-state index < -0.39 is 11.6 Å². The number of nitrogens with zero attached hydrogens (tertiary/aromatic N) is 2. The van der Waals surface area contributed by atoms with Gasteiger partial charge in [-0.1, -0.05) is 5.16 Å². The van der Waals surface area contributed by atoms with Gasteiger partial charge in [0.2, 0.25) is 5.91 Å². The highest BCUT2D eigenvalue weighted by molar-refractivity contribution is 7.08. The number of carbonyl (C=O) groups excluding carboxylic acids is 3. The maximum absolute atomic E-state index is 12.6. The van der Waals surface area contributed by atoms with Crippen LogP contribution in [-0.4, -0.2) is 34.4 Å². The molecule has 126 valence electrons. The van der Waals surface area contributed by atoms with E-state index in [1.165, 1.54) is 11.3 Å². The molecule has 0 saturated carbocycles. The molecule has 1 aliphatic rings. The molecule has 0 unspecified atom stereocenters. The van der Waals surface area contributed by atoms with Crippen LogP contribution >= 0.6 is 11.3 Å². The van der Waals surface area contributed by atoms with Gasteiger partial charge in [0.05, 0.1) is 0 Å². The molecule has 2 aromatic rings. The molecule has 2 N–H and O–H groups in total. The Morgan fingerprint density at radius 3 is 2.92 bits per heavy atom. The second-order valence-corrected chi connectivity index (χ2v) is 6.42. The van der Waals surface area contributed by atoms with Crippen LogP contribution in [0.5, 0.6) is 0 Å². The van der Waals surface area contributed by atoms with Crippen LogP contribution in [0.25, 0.3) is 0 Å². The Labute approximate surface area is 141 Å². The fourth-order valence-electron chi connectivity index (χ4n) is 2.49. The van der Waals surface area contributed by atoms with Crippen LogP contribution in [0.2, 0.25) is 0 Å². The zero-order chi connectivity index (χ0) is 17.3. The first kappa shape index (κ1) is 16.2. The lowest BCUT2D eigenvalue weighted by atomic mass is 9.95. The number of thiophene rings is 1. The van der Waals surface area contributed by atoms with E-state index in [2.05, 4.69) is 15.8 Å². The lowest BCUT2D eigenvalue weighted by Gasteiger charge is -2.20. The van der Waals surface area contributed by atoms with Gasteiger partial charge in [-0.2, -0.15) is 11.3 Å². The van der Waals surface area contributed by atoms with Gasteiger partial charge < -0.3 is 15.2 Å². The lowest BCUT2D eigenvalue weighted by Crippen LogP contribution is -2.40. The second kappa shape index (κ2) is 6.08. The molecule has 1 atom stereocenters. The summed E-state index contributed by atoms with van der Waals surface area (Å²) in [6, 6.07) is 2.88. The van der Waals surface area contributed by atoms with Gasteiger partial charge >= 0.3 is 6.03 Å². The predicted octanol–water partition coefficient (Wildman–Crippen LogP) is 1.84. The Kier molecular flexibility index (Phi) is 4.10. The quantitative estimate of drug-likeness (QED) is 0.802. The first-order valence-electron chi connectivity index (χ1n) is 7.30. The summed E-state index contributed by atoms with van der Waals surface area (Å²) >= 11 is 1.45. The van der Waals surface area contributed by atoms with Crippen molar-refractivity contribution >= 4 is 35.0 Å². The number of imide groups is 1. The molecule has 4 amide bonds. The Bertz CT molecular complexity index is 785. The smallest absolute Gasteiger partial charge is 0.325 e. The fraction of sp³-hybridized carbons (Fsp3) is 0.333. The van der Waals surface area contributed by atoms with Crippen LogP contribution in [0.4, 0.5) is 10.6 Å². The largest absolute Gasteiger partial charge is 0.360 e. The van der Waals surface area contributed by atoms with Gasteiger partial charge in [-0.05, 0) is 36.2 Å². The van der Waals surface area contributed by atoms with Crippen LogP contribution in [0.1, 0.15) is 24.7 Å². The van der Waals surface area contributed by atoms with Crippen molar-refractivity contribution in [2.45, 2.75) is 25.8 Å². The second-order valence-electron chi connectivity index (χ2n) is 5.64. The third-order valence-electron chi connectivity index (χ3n) is 3.83. The summed E-state index contributed by atoms with van der Waals surface area (Å²) in [5, 5.41) is 12.6. The van der Waals surface area contributed by atoms with Gasteiger partial charge in [0.25, 0.3) is 5.91 Å². The summed E-state index contributed by atoms with van der Waals surface area (Å²) in [6.45, 7) is 3.36. The zero-order valence-corrected chi connectivity index (χ0v) is 14.0. The Morgan fingerprint density at radius 1 is 1.50 bits per heavy atom. The highest BCUT2D eigenvalue weighted by atomic mass is 32.1. The van der Waals surface area contributed by atoms with E-state index in [0.717, 1.165) is 10.5 Å². The van der Waals surface area contributed by atoms with Crippen molar-refractivity contribution < 1.29 is 18.9 Å². The van der Waals surface area contributed by atoms with Crippen molar-refractivity contribution in [1.29, 1.82) is 0 Å². The SMILES string of the molecule is Cc1cc(NC(=O)CCN2C(=O)N[C@@](C)(c3ccsc3)C2=O)no1. The minimum Gasteiger partial charge on any atom is -0.360 e. The summed E-state index contributed by atoms with van der Waals surface area (Å²) in [7, 11) is 0. The minimum absolute atomic E-state index is 0.00688. The number of hydrogen-bond acceptors (Lipinski definition) is 6. The van der Waals surface area contributed by atoms with Gasteiger partial charge in [0.15, 0.2) is 5.82 Å². The topological polar surface area (TPSA) is 105 Å². The van der Waals surface area contributed by atoms with Crippen LogP contribution in [0, 0.1) is 6.92 Å². The van der Waals surface area contributed by atoms with E-state index in [1.54, 1.807) is 26.0 Å². The highest BCUT2D eigenvalue weighted by Crippen LogP contribution is 2.30. The van der Waals surface area contributed by atoms with E-state index in [0.29, 0.717) is 11.6 Å². The average molecular weight is 348 g/mol. The molecule has 8 nitrogen and oxygen atoms in total. The number of aryl methyl sites for hydroxylation is 1. The molecule has 0 radical (unpaired) electrons. The number of urea groups is 1. The number of anilines is 1. The van der Waals surface area contributed by atoms with Gasteiger partial charge in [-0.25, -0.2) is 4.79 Å². The molecule has 1 saturated heterocycles. The van der Waals surface area contributed by atoms with Crippen molar-refractivity contribution in [3.8, 4) is 0 Å². The molecule has 1 aliphatic heterocycles. The molecule has 0 aromatic carbocycles. The van der Waals surface area contributed by atoms with Crippen LogP contribution < -0.4 is 10.6 Å². The summed E-state index contributed by atoms with van der Waals surface area (Å²) in [5.74, 6) is 0.160. The molecular weight excluding hydrogens is 332 g/mol. The number of nitrogens with one attached hydrogen (secondary N) is 2. The molecule has 3 heterocycles. The average Bonchev–Trinajstić information content (AvgIpc) is 3.22. The van der Waals surface area contributed by atoms with E-state index in [4.69, 9.17) is 4.52 Å². The summed E-state index contributed by atoms with van der Waals surface area (Å²) in [5.41, 5.74) is -0.354. The van der Waals surface area contributed by atoms with E-state index in [-0.39, 0.29) is 24.8 Å². The van der Waals surface area contributed by atoms with Crippen molar-refractivity contribution in [1.82, 2.24) is 15.4 Å². The zero-order valence-electron chi connectivity index (χ0n) is 13.2. The Hall–Kier alpha value is -2.68. The first-order valence-corrected chi connectivity index (χ1v) is 8.24. The number of aromatic nitrogens is 1. The van der Waals surface area contributed by atoms with Crippen molar-refractivity contribution in [2.24, 2.45) is 0 Å². The molecule has 0 aliphatic carbocycles. The van der Waals surface area contributed by atoms with Gasteiger partial charge in [-0.3, -0.25) is 14.5 Å². The predicted molar refractivity (Wildman–Crippen MR) is 86.4 cm³/mol. The summed E-state index contributed by atoms with van der Waals surface area (Å²) in [6.07, 6.45) is -0.0230. The van der Waals surface area contributed by atoms with E-state index >= 15 is 0 Å². The lowest BCUT2D eigenvalue weighted by molar-refractivity contribution is -0.131. The van der Waals surface area contributed by atoms with E-state index in [1.807, 2.05) is 10.8 Å². The minimum atomic E-state index is -1.09. The number of rotatable bonds is 5. The van der Waals surface area contributed by atoms with Crippen LogP contribution in [0.3, 0.4) is 0 Å². The Morgan fingerprint density at radius 2 is 2.29 bits per heavy atom. The monoisotopic (exact) mass is 348 g/mol. The maximum Gasteiger partial charge on any atom is 0.325 e. The van der Waals surface area contributed by atoms with Crippen molar-refractivity contribution in [3.63, 3.8) is 0 Å². The third-order valence-corrected chi connectivity index (χ3v) is 4.51. The number of carbonyl (C=O) groups is 3. The normalized spacial score (nSPS) is 20.3. The third kappa shape index (κ3) is 2.90. The van der Waals surface area contributed by atoms with Crippen LogP contribution in [-0.2, 0) is 15.1 Å². The summed E-state index contributed by atoms with van der Waals surface area (Å²) < 4.78 is 4.85. The molecule has 1 fully saturated rings. The van der Waals surface area contributed by atoms with Crippen molar-refractivity contribution in [3.05, 3.63) is 34.2 Å². The van der Waals surface area contributed by atoms with Crippen LogP contribution in [0.15, 0.2) is 27.4 Å². The number of amides is 4. The van der Waals surface area contributed by atoms with E-state index in [9.17, 15) is 14.4 Å². The first-order chi connectivity index (χ1) is 11.4. The Balaban J connectivity index is 1.62. The number of hydrogen-bond donors (Lipinski definition) is 2. The van der Waals surface area contributed by atoms with Crippen molar-refractivity contribution in [2.75, 3.05) is 11.9 Å². The molecule has 2 aromatic heterocycles. The molecule has 24 heavy (non-hydrogen) atoms. The molecule has 0 bridgehead atoms.